The van der Waals surface area contributed by atoms with Crippen molar-refractivity contribution >= 4 is 17.1 Å². The van der Waals surface area contributed by atoms with Crippen LogP contribution in [0.3, 0.4) is 0 Å². The van der Waals surface area contributed by atoms with E-state index in [0.29, 0.717) is 0 Å². The van der Waals surface area contributed by atoms with Crippen molar-refractivity contribution in [1.29, 1.82) is 0 Å². The molecular weight excluding hydrogens is 170 g/mol. The molecule has 0 radical (unpaired) electrons. The van der Waals surface area contributed by atoms with E-state index in [4.69, 9.17) is 0 Å². The number of aromatic nitrogens is 1. The van der Waals surface area contributed by atoms with E-state index in [-0.39, 0.29) is 0 Å². The van der Waals surface area contributed by atoms with Gasteiger partial charge >= 0.3 is 0 Å². The van der Waals surface area contributed by atoms with Crippen molar-refractivity contribution in [3.05, 3.63) is 54.3 Å². The van der Waals surface area contributed by atoms with Crippen molar-refractivity contribution in [2.24, 2.45) is 0 Å². The van der Waals surface area contributed by atoms with E-state index in [2.05, 4.69) is 59.5 Å². The van der Waals surface area contributed by atoms with E-state index in [1.807, 2.05) is 0 Å². The van der Waals surface area contributed by atoms with Crippen LogP contribution >= 0.6 is 0 Å². The molecule has 0 N–H and O–H groups in total. The van der Waals surface area contributed by atoms with Gasteiger partial charge in [0.1, 0.15) is 0 Å². The number of benzene rings is 1. The fourth-order valence-corrected chi connectivity index (χ4v) is 2.00. The summed E-state index contributed by atoms with van der Waals surface area (Å²) >= 11 is 0. The molecule has 0 saturated heterocycles. The topological polar surface area (TPSA) is 4.93 Å². The van der Waals surface area contributed by atoms with E-state index in [1.54, 1.807) is 0 Å². The van der Waals surface area contributed by atoms with Crippen LogP contribution in [-0.4, -0.2) is 4.57 Å². The number of nitrogens with zero attached hydrogens (tertiary/aromatic N) is 1. The van der Waals surface area contributed by atoms with Gasteiger partial charge in [-0.25, -0.2) is 0 Å². The highest BCUT2D eigenvalue weighted by molar-refractivity contribution is 5.85. The maximum absolute atomic E-state index is 2.20. The van der Waals surface area contributed by atoms with Gasteiger partial charge in [-0.15, -0.1) is 0 Å². The van der Waals surface area contributed by atoms with Gasteiger partial charge in [0, 0.05) is 17.8 Å². The highest BCUT2D eigenvalue weighted by atomic mass is 14.9. The molecule has 0 amide bonds. The molecule has 0 saturated carbocycles. The van der Waals surface area contributed by atoms with Crippen molar-refractivity contribution in [1.82, 2.24) is 4.57 Å². The third-order valence-corrected chi connectivity index (χ3v) is 2.66. The molecule has 2 heterocycles. The largest absolute Gasteiger partial charge is 0.323 e. The summed E-state index contributed by atoms with van der Waals surface area (Å²) in [5.74, 6) is 0. The van der Waals surface area contributed by atoms with Gasteiger partial charge in [-0.1, -0.05) is 30.4 Å². The van der Waals surface area contributed by atoms with Gasteiger partial charge in [0.2, 0.25) is 0 Å². The Morgan fingerprint density at radius 1 is 1.07 bits per heavy atom. The van der Waals surface area contributed by atoms with Crippen molar-refractivity contribution < 1.29 is 0 Å². The molecule has 3 rings (SSSR count). The molecule has 0 aliphatic carbocycles. The minimum atomic E-state index is 1.02. The molecule has 0 bridgehead atoms. The van der Waals surface area contributed by atoms with E-state index in [9.17, 15) is 0 Å². The maximum Gasteiger partial charge on any atom is 0.0557 e. The third-order valence-electron chi connectivity index (χ3n) is 2.66. The van der Waals surface area contributed by atoms with E-state index in [0.717, 1.165) is 6.42 Å². The highest BCUT2D eigenvalue weighted by Gasteiger charge is 2.04. The predicted molar refractivity (Wildman–Crippen MR) is 60.1 cm³/mol. The lowest BCUT2D eigenvalue weighted by Gasteiger charge is -2.05. The van der Waals surface area contributed by atoms with Crippen molar-refractivity contribution in [3.63, 3.8) is 0 Å². The van der Waals surface area contributed by atoms with E-state index < -0.39 is 0 Å². The fraction of sp³-hybridized carbons (Fsp3) is 0.0769. The van der Waals surface area contributed by atoms with Gasteiger partial charge in [0.25, 0.3) is 0 Å². The second kappa shape index (κ2) is 2.88. The van der Waals surface area contributed by atoms with E-state index >= 15 is 0 Å². The summed E-state index contributed by atoms with van der Waals surface area (Å²) in [4.78, 5) is 0. The van der Waals surface area contributed by atoms with Gasteiger partial charge in [0.15, 0.2) is 0 Å². The first-order valence-electron chi connectivity index (χ1n) is 4.87. The lowest BCUT2D eigenvalue weighted by Crippen LogP contribution is -1.91. The summed E-state index contributed by atoms with van der Waals surface area (Å²) in [6, 6.07) is 8.65. The first kappa shape index (κ1) is 7.63. The Morgan fingerprint density at radius 2 is 2.07 bits per heavy atom. The number of hydrogen-bond acceptors (Lipinski definition) is 0. The van der Waals surface area contributed by atoms with Crippen LogP contribution in [0.4, 0.5) is 0 Å². The minimum Gasteiger partial charge on any atom is -0.323 e. The van der Waals surface area contributed by atoms with Crippen molar-refractivity contribution in [2.75, 3.05) is 0 Å². The van der Waals surface area contributed by atoms with Crippen LogP contribution in [0.15, 0.2) is 48.7 Å². The van der Waals surface area contributed by atoms with Crippen LogP contribution in [0.25, 0.3) is 17.1 Å². The third kappa shape index (κ3) is 1.02. The summed E-state index contributed by atoms with van der Waals surface area (Å²) < 4.78 is 2.19. The Hall–Kier alpha value is -1.76. The second-order valence-electron chi connectivity index (χ2n) is 3.55. The zero-order chi connectivity index (χ0) is 9.38. The SMILES string of the molecule is C1=CCc2cccc3ccn(c23)C=C1. The Labute approximate surface area is 83.0 Å². The first-order valence-corrected chi connectivity index (χ1v) is 4.87. The minimum absolute atomic E-state index is 1.02. The van der Waals surface area contributed by atoms with Gasteiger partial charge in [0.05, 0.1) is 5.52 Å². The lowest BCUT2D eigenvalue weighted by atomic mass is 10.1. The van der Waals surface area contributed by atoms with Gasteiger partial charge in [-0.3, -0.25) is 0 Å². The molecule has 1 aromatic carbocycles. The average molecular weight is 181 g/mol. The molecule has 2 aromatic rings. The Kier molecular flexibility index (Phi) is 1.57. The molecule has 0 spiro atoms. The summed E-state index contributed by atoms with van der Waals surface area (Å²) in [6.07, 6.45) is 11.6. The lowest BCUT2D eigenvalue weighted by molar-refractivity contribution is 1.17. The molecule has 14 heavy (non-hydrogen) atoms. The summed E-state index contributed by atoms with van der Waals surface area (Å²) in [5, 5.41) is 1.32. The Balaban J connectivity index is 2.42. The fourth-order valence-electron chi connectivity index (χ4n) is 2.00. The molecule has 0 fully saturated rings. The average Bonchev–Trinajstić information content (AvgIpc) is 2.57. The second-order valence-corrected chi connectivity index (χ2v) is 3.55. The molecule has 1 aromatic heterocycles. The quantitative estimate of drug-likeness (QED) is 0.588. The molecule has 1 nitrogen and oxygen atoms in total. The van der Waals surface area contributed by atoms with Crippen molar-refractivity contribution in [2.45, 2.75) is 6.42 Å². The summed E-state index contributed by atoms with van der Waals surface area (Å²) in [7, 11) is 0. The predicted octanol–water partition coefficient (Wildman–Crippen LogP) is 3.22. The van der Waals surface area contributed by atoms with Crippen LogP contribution < -0.4 is 0 Å². The van der Waals surface area contributed by atoms with E-state index in [1.165, 1.54) is 16.5 Å². The van der Waals surface area contributed by atoms with Crippen LogP contribution in [0.2, 0.25) is 0 Å². The highest BCUT2D eigenvalue weighted by Crippen LogP contribution is 2.22. The van der Waals surface area contributed by atoms with Gasteiger partial charge in [-0.05, 0) is 24.1 Å². The van der Waals surface area contributed by atoms with Crippen LogP contribution in [0, 0.1) is 0 Å². The first-order chi connectivity index (χ1) is 6.95. The van der Waals surface area contributed by atoms with Crippen LogP contribution in [-0.2, 0) is 6.42 Å². The maximum atomic E-state index is 2.20. The molecule has 1 aliphatic rings. The normalized spacial score (nSPS) is 14.3. The number of allylic oxidation sites excluding steroid dienone is 3. The number of para-hydroxylation sites is 1. The molecule has 0 unspecified atom stereocenters. The van der Waals surface area contributed by atoms with Crippen LogP contribution in [0.5, 0.6) is 0 Å². The smallest absolute Gasteiger partial charge is 0.0557 e. The zero-order valence-corrected chi connectivity index (χ0v) is 7.85. The standard InChI is InChI=1S/C13H11N/c1-2-5-11-6-4-7-12-8-10-14(9-3-1)13(11)12/h1-4,6-10H,5H2. The summed E-state index contributed by atoms with van der Waals surface area (Å²) in [6.45, 7) is 0. The van der Waals surface area contributed by atoms with Crippen molar-refractivity contribution in [3.8, 4) is 0 Å². The summed E-state index contributed by atoms with van der Waals surface area (Å²) in [5.41, 5.74) is 2.74. The Bertz CT molecular complexity index is 529. The molecule has 1 heteroatoms. The molecule has 1 aliphatic heterocycles. The Morgan fingerprint density at radius 3 is 3.07 bits per heavy atom. The van der Waals surface area contributed by atoms with Gasteiger partial charge < -0.3 is 4.57 Å². The molecule has 68 valence electrons. The van der Waals surface area contributed by atoms with Crippen LogP contribution in [0.1, 0.15) is 5.56 Å². The van der Waals surface area contributed by atoms with Gasteiger partial charge in [-0.2, -0.15) is 0 Å². The monoisotopic (exact) mass is 181 g/mol. The number of hydrogen-bond donors (Lipinski definition) is 0. The molecular formula is C13H11N. The molecule has 0 atom stereocenters. The number of rotatable bonds is 0. The zero-order valence-electron chi connectivity index (χ0n) is 7.85.